The molecule has 0 saturated carbocycles. The third kappa shape index (κ3) is 1.42. The third-order valence-corrected chi connectivity index (χ3v) is 2.10. The fourth-order valence-corrected chi connectivity index (χ4v) is 1.39. The van der Waals surface area contributed by atoms with Crippen LogP contribution < -0.4 is 5.73 Å². The van der Waals surface area contributed by atoms with Crippen LogP contribution in [0.4, 0.5) is 0 Å². The zero-order chi connectivity index (χ0) is 10.1. The predicted octanol–water partition coefficient (Wildman–Crippen LogP) is 0.625. The summed E-state index contributed by atoms with van der Waals surface area (Å²) in [6.07, 6.45) is 7.23. The number of imidazole rings is 1. The van der Waals surface area contributed by atoms with Gasteiger partial charge in [-0.05, 0) is 6.92 Å². The topological polar surface area (TPSA) is 61.7 Å². The summed E-state index contributed by atoms with van der Waals surface area (Å²) in [4.78, 5) is 4.07. The lowest BCUT2D eigenvalue weighted by Crippen LogP contribution is -2.10. The van der Waals surface area contributed by atoms with Gasteiger partial charge in [0.15, 0.2) is 0 Å². The predicted molar refractivity (Wildman–Crippen MR) is 52.9 cm³/mol. The molecule has 0 fully saturated rings. The Labute approximate surface area is 82.2 Å². The monoisotopic (exact) mass is 191 g/mol. The smallest absolute Gasteiger partial charge is 0.0995 e. The van der Waals surface area contributed by atoms with Gasteiger partial charge in [0.2, 0.25) is 0 Å². The van der Waals surface area contributed by atoms with E-state index >= 15 is 0 Å². The van der Waals surface area contributed by atoms with Crippen molar-refractivity contribution in [1.82, 2.24) is 19.3 Å². The highest BCUT2D eigenvalue weighted by Crippen LogP contribution is 2.14. The van der Waals surface area contributed by atoms with Gasteiger partial charge in [-0.25, -0.2) is 4.98 Å². The van der Waals surface area contributed by atoms with E-state index < -0.39 is 0 Å². The van der Waals surface area contributed by atoms with Crippen molar-refractivity contribution in [2.45, 2.75) is 13.0 Å². The molecule has 2 heterocycles. The lowest BCUT2D eigenvalue weighted by Gasteiger charge is -2.07. The number of nitrogens with zero attached hydrogens (tertiary/aromatic N) is 4. The molecule has 0 aliphatic heterocycles. The second-order valence-corrected chi connectivity index (χ2v) is 3.35. The van der Waals surface area contributed by atoms with Crippen LogP contribution in [0.15, 0.2) is 24.9 Å². The second kappa shape index (κ2) is 3.26. The minimum Gasteiger partial charge on any atom is -0.323 e. The molecule has 0 aliphatic rings. The molecule has 0 amide bonds. The van der Waals surface area contributed by atoms with E-state index in [1.807, 2.05) is 24.7 Å². The summed E-state index contributed by atoms with van der Waals surface area (Å²) in [5, 5.41) is 4.10. The van der Waals surface area contributed by atoms with Crippen LogP contribution in [-0.2, 0) is 7.05 Å². The SMILES string of the molecule is C[C@H](N)c1cncn1-c1cnn(C)c1. The summed E-state index contributed by atoms with van der Waals surface area (Å²) in [6.45, 7) is 1.93. The van der Waals surface area contributed by atoms with E-state index in [9.17, 15) is 0 Å². The Morgan fingerprint density at radius 2 is 2.21 bits per heavy atom. The molecule has 0 aromatic carbocycles. The van der Waals surface area contributed by atoms with Crippen LogP contribution in [0.1, 0.15) is 18.7 Å². The molecule has 2 aromatic rings. The zero-order valence-corrected chi connectivity index (χ0v) is 8.25. The highest BCUT2D eigenvalue weighted by molar-refractivity contribution is 5.29. The van der Waals surface area contributed by atoms with Crippen molar-refractivity contribution in [3.8, 4) is 5.69 Å². The lowest BCUT2D eigenvalue weighted by atomic mass is 10.2. The van der Waals surface area contributed by atoms with Crippen LogP contribution in [0.2, 0.25) is 0 Å². The van der Waals surface area contributed by atoms with Crippen LogP contribution >= 0.6 is 0 Å². The summed E-state index contributed by atoms with van der Waals surface area (Å²) in [5.74, 6) is 0. The Bertz CT molecular complexity index is 426. The number of nitrogens with two attached hydrogens (primary N) is 1. The molecule has 0 aliphatic carbocycles. The average Bonchev–Trinajstić information content (AvgIpc) is 2.70. The first-order valence-corrected chi connectivity index (χ1v) is 4.45. The quantitative estimate of drug-likeness (QED) is 0.757. The number of hydrogen-bond acceptors (Lipinski definition) is 3. The molecule has 0 bridgehead atoms. The van der Waals surface area contributed by atoms with Gasteiger partial charge in [0.05, 0.1) is 30.1 Å². The fourth-order valence-electron chi connectivity index (χ4n) is 1.39. The van der Waals surface area contributed by atoms with E-state index in [2.05, 4.69) is 10.1 Å². The molecule has 74 valence electrons. The number of aryl methyl sites for hydroxylation is 1. The van der Waals surface area contributed by atoms with Crippen molar-refractivity contribution in [1.29, 1.82) is 0 Å². The molecule has 0 radical (unpaired) electrons. The fraction of sp³-hybridized carbons (Fsp3) is 0.333. The van der Waals surface area contributed by atoms with E-state index in [-0.39, 0.29) is 6.04 Å². The van der Waals surface area contributed by atoms with Crippen LogP contribution in [0.5, 0.6) is 0 Å². The highest BCUT2D eigenvalue weighted by atomic mass is 15.3. The summed E-state index contributed by atoms with van der Waals surface area (Å²) in [7, 11) is 1.88. The van der Waals surface area contributed by atoms with Crippen LogP contribution in [-0.4, -0.2) is 19.3 Å². The summed E-state index contributed by atoms with van der Waals surface area (Å²) in [6, 6.07) is -0.0299. The van der Waals surface area contributed by atoms with Gasteiger partial charge >= 0.3 is 0 Å². The molecule has 2 N–H and O–H groups in total. The first-order chi connectivity index (χ1) is 6.68. The van der Waals surface area contributed by atoms with Gasteiger partial charge in [0.1, 0.15) is 0 Å². The molecule has 2 aromatic heterocycles. The Morgan fingerprint density at radius 1 is 1.43 bits per heavy atom. The third-order valence-electron chi connectivity index (χ3n) is 2.10. The molecule has 1 atom stereocenters. The van der Waals surface area contributed by atoms with E-state index in [0.717, 1.165) is 11.4 Å². The number of aromatic nitrogens is 4. The summed E-state index contributed by atoms with van der Waals surface area (Å²) in [5.41, 5.74) is 7.78. The Kier molecular flexibility index (Phi) is 2.09. The van der Waals surface area contributed by atoms with Gasteiger partial charge in [-0.15, -0.1) is 0 Å². The van der Waals surface area contributed by atoms with E-state index in [1.54, 1.807) is 23.4 Å². The number of rotatable bonds is 2. The van der Waals surface area contributed by atoms with Gasteiger partial charge in [0, 0.05) is 19.3 Å². The van der Waals surface area contributed by atoms with E-state index in [4.69, 9.17) is 5.73 Å². The summed E-state index contributed by atoms with van der Waals surface area (Å²) < 4.78 is 3.69. The second-order valence-electron chi connectivity index (χ2n) is 3.35. The molecule has 14 heavy (non-hydrogen) atoms. The Hall–Kier alpha value is -1.62. The van der Waals surface area contributed by atoms with Crippen LogP contribution in [0, 0.1) is 0 Å². The maximum absolute atomic E-state index is 5.82. The minimum absolute atomic E-state index is 0.0299. The van der Waals surface area contributed by atoms with Crippen molar-refractivity contribution >= 4 is 0 Å². The molecule has 0 unspecified atom stereocenters. The van der Waals surface area contributed by atoms with Crippen molar-refractivity contribution in [2.24, 2.45) is 12.8 Å². The molecule has 0 saturated heterocycles. The molecule has 2 rings (SSSR count). The molecule has 5 nitrogen and oxygen atoms in total. The van der Waals surface area contributed by atoms with E-state index in [1.165, 1.54) is 0 Å². The standard InChI is InChI=1S/C9H13N5/c1-7(10)9-4-11-6-14(9)8-3-12-13(2)5-8/h3-7H,10H2,1-2H3/t7-/m0/s1. The maximum Gasteiger partial charge on any atom is 0.0995 e. The van der Waals surface area contributed by atoms with E-state index in [0.29, 0.717) is 0 Å². The first kappa shape index (κ1) is 8.96. The first-order valence-electron chi connectivity index (χ1n) is 4.45. The van der Waals surface area contributed by atoms with Crippen molar-refractivity contribution < 1.29 is 0 Å². The van der Waals surface area contributed by atoms with Crippen LogP contribution in [0.3, 0.4) is 0 Å². The normalized spacial score (nSPS) is 13.1. The van der Waals surface area contributed by atoms with Gasteiger partial charge in [0.25, 0.3) is 0 Å². The van der Waals surface area contributed by atoms with Gasteiger partial charge < -0.3 is 5.73 Å². The molecular formula is C9H13N5. The van der Waals surface area contributed by atoms with Gasteiger partial charge in [-0.1, -0.05) is 0 Å². The largest absolute Gasteiger partial charge is 0.323 e. The molecular weight excluding hydrogens is 178 g/mol. The van der Waals surface area contributed by atoms with Crippen LogP contribution in [0.25, 0.3) is 5.69 Å². The van der Waals surface area contributed by atoms with Crippen molar-refractivity contribution in [2.75, 3.05) is 0 Å². The minimum atomic E-state index is -0.0299. The van der Waals surface area contributed by atoms with Gasteiger partial charge in [-0.3, -0.25) is 9.25 Å². The van der Waals surface area contributed by atoms with Crippen molar-refractivity contribution in [3.05, 3.63) is 30.6 Å². The van der Waals surface area contributed by atoms with Gasteiger partial charge in [-0.2, -0.15) is 5.10 Å². The van der Waals surface area contributed by atoms with Crippen molar-refractivity contribution in [3.63, 3.8) is 0 Å². The molecule has 5 heteroatoms. The number of hydrogen-bond donors (Lipinski definition) is 1. The average molecular weight is 191 g/mol. The summed E-state index contributed by atoms with van der Waals surface area (Å²) >= 11 is 0. The molecule has 0 spiro atoms. The Morgan fingerprint density at radius 3 is 2.79 bits per heavy atom. The zero-order valence-electron chi connectivity index (χ0n) is 8.25. The highest BCUT2D eigenvalue weighted by Gasteiger charge is 2.08. The lowest BCUT2D eigenvalue weighted by molar-refractivity contribution is 0.749. The maximum atomic E-state index is 5.82. The Balaban J connectivity index is 2.46.